The van der Waals surface area contributed by atoms with Crippen LogP contribution < -0.4 is 10.6 Å². The number of aryl methyl sites for hydroxylation is 1. The molecule has 3 rings (SSSR count). The maximum atomic E-state index is 12.6. The predicted octanol–water partition coefficient (Wildman–Crippen LogP) is 2.03. The van der Waals surface area contributed by atoms with Crippen molar-refractivity contribution in [3.05, 3.63) is 35.4 Å². The number of alkyl halides is 2. The number of aromatic nitrogens is 4. The second kappa shape index (κ2) is 8.28. The van der Waals surface area contributed by atoms with Gasteiger partial charge in [0.2, 0.25) is 0 Å². The number of halogens is 2. The van der Waals surface area contributed by atoms with Crippen molar-refractivity contribution in [1.29, 1.82) is 0 Å². The SMILES string of the molecule is CCc1cc(C(=O)N[C@@H]2CCC[C@@H](NC(=O)c3ccn(C(F)F)n3)C2)n[nH]1. The number of amides is 2. The van der Waals surface area contributed by atoms with E-state index < -0.39 is 12.5 Å². The van der Waals surface area contributed by atoms with E-state index in [-0.39, 0.29) is 23.7 Å². The van der Waals surface area contributed by atoms with Gasteiger partial charge in [-0.2, -0.15) is 19.0 Å². The Kier molecular flexibility index (Phi) is 5.82. The van der Waals surface area contributed by atoms with E-state index in [9.17, 15) is 18.4 Å². The van der Waals surface area contributed by atoms with Crippen LogP contribution >= 0.6 is 0 Å². The minimum absolute atomic E-state index is 0.0509. The van der Waals surface area contributed by atoms with Gasteiger partial charge in [0.25, 0.3) is 11.8 Å². The summed E-state index contributed by atoms with van der Waals surface area (Å²) >= 11 is 0. The second-order valence-corrected chi connectivity index (χ2v) is 6.60. The summed E-state index contributed by atoms with van der Waals surface area (Å²) in [5.41, 5.74) is 1.18. The minimum Gasteiger partial charge on any atom is -0.348 e. The van der Waals surface area contributed by atoms with Crippen molar-refractivity contribution in [2.45, 2.75) is 57.7 Å². The Morgan fingerprint density at radius 2 is 1.93 bits per heavy atom. The smallest absolute Gasteiger partial charge is 0.333 e. The molecule has 2 amide bonds. The highest BCUT2D eigenvalue weighted by Crippen LogP contribution is 2.20. The van der Waals surface area contributed by atoms with E-state index in [1.54, 1.807) is 6.07 Å². The molecule has 2 aromatic rings. The molecule has 27 heavy (non-hydrogen) atoms. The Bertz CT molecular complexity index is 803. The number of H-pyrrole nitrogens is 1. The average Bonchev–Trinajstić information content (AvgIpc) is 3.31. The van der Waals surface area contributed by atoms with Gasteiger partial charge in [0.05, 0.1) is 0 Å². The van der Waals surface area contributed by atoms with Crippen LogP contribution in [0.4, 0.5) is 8.78 Å². The molecule has 1 aliphatic carbocycles. The average molecular weight is 380 g/mol. The standard InChI is InChI=1S/C17H22F2N6O2/c1-2-10-9-14(23-22-10)16(27)21-12-5-3-4-11(8-12)20-15(26)13-6-7-25(24-13)17(18)19/h6-7,9,11-12,17H,2-5,8H2,1H3,(H,20,26)(H,21,27)(H,22,23)/t11-,12-/m1/s1. The fourth-order valence-corrected chi connectivity index (χ4v) is 3.20. The van der Waals surface area contributed by atoms with Gasteiger partial charge in [0.1, 0.15) is 11.4 Å². The third-order valence-electron chi connectivity index (χ3n) is 4.63. The fourth-order valence-electron chi connectivity index (χ4n) is 3.20. The molecule has 3 N–H and O–H groups in total. The molecule has 146 valence electrons. The van der Waals surface area contributed by atoms with Crippen LogP contribution in [0.5, 0.6) is 0 Å². The number of hydrogen-bond acceptors (Lipinski definition) is 4. The molecule has 1 fully saturated rings. The maximum Gasteiger partial charge on any atom is 0.333 e. The maximum absolute atomic E-state index is 12.6. The Hall–Kier alpha value is -2.78. The number of aromatic amines is 1. The number of rotatable bonds is 6. The van der Waals surface area contributed by atoms with Gasteiger partial charge in [-0.15, -0.1) is 0 Å². The summed E-state index contributed by atoms with van der Waals surface area (Å²) in [6, 6.07) is 2.74. The van der Waals surface area contributed by atoms with Crippen LogP contribution in [0.2, 0.25) is 0 Å². The molecule has 0 unspecified atom stereocenters. The minimum atomic E-state index is -2.78. The van der Waals surface area contributed by atoms with Crippen LogP contribution in [-0.2, 0) is 6.42 Å². The molecule has 2 aromatic heterocycles. The first-order valence-electron chi connectivity index (χ1n) is 8.95. The first kappa shape index (κ1) is 19.0. The Balaban J connectivity index is 1.54. The summed E-state index contributed by atoms with van der Waals surface area (Å²) < 4.78 is 25.6. The monoisotopic (exact) mass is 380 g/mol. The van der Waals surface area contributed by atoms with E-state index in [0.717, 1.165) is 37.6 Å². The molecular formula is C17H22F2N6O2. The molecule has 2 atom stereocenters. The third-order valence-corrected chi connectivity index (χ3v) is 4.63. The zero-order chi connectivity index (χ0) is 19.4. The summed E-state index contributed by atoms with van der Waals surface area (Å²) in [6.07, 6.45) is 4.80. The van der Waals surface area contributed by atoms with E-state index in [1.165, 1.54) is 6.07 Å². The van der Waals surface area contributed by atoms with E-state index in [4.69, 9.17) is 0 Å². The molecule has 1 aliphatic rings. The Morgan fingerprint density at radius 3 is 2.48 bits per heavy atom. The van der Waals surface area contributed by atoms with Crippen LogP contribution in [0.25, 0.3) is 0 Å². The quantitative estimate of drug-likeness (QED) is 0.713. The summed E-state index contributed by atoms with van der Waals surface area (Å²) in [4.78, 5) is 24.5. The Labute approximate surface area is 154 Å². The lowest BCUT2D eigenvalue weighted by Gasteiger charge is -2.30. The second-order valence-electron chi connectivity index (χ2n) is 6.60. The lowest BCUT2D eigenvalue weighted by atomic mass is 9.90. The molecule has 0 bridgehead atoms. The van der Waals surface area contributed by atoms with Crippen LogP contribution in [-0.4, -0.2) is 43.9 Å². The first-order valence-corrected chi connectivity index (χ1v) is 8.95. The molecule has 0 aliphatic heterocycles. The van der Waals surface area contributed by atoms with Gasteiger partial charge in [0.15, 0.2) is 0 Å². The number of carbonyl (C=O) groups excluding carboxylic acids is 2. The lowest BCUT2D eigenvalue weighted by Crippen LogP contribution is -2.46. The van der Waals surface area contributed by atoms with Crippen molar-refractivity contribution < 1.29 is 18.4 Å². The van der Waals surface area contributed by atoms with Crippen molar-refractivity contribution in [3.63, 3.8) is 0 Å². The number of hydrogen-bond donors (Lipinski definition) is 3. The molecule has 0 saturated heterocycles. The summed E-state index contributed by atoms with van der Waals surface area (Å²) in [5, 5.41) is 16.1. The normalized spacial score (nSPS) is 19.9. The zero-order valence-corrected chi connectivity index (χ0v) is 14.9. The zero-order valence-electron chi connectivity index (χ0n) is 14.9. The number of nitrogens with zero attached hydrogens (tertiary/aromatic N) is 3. The first-order chi connectivity index (χ1) is 13.0. The summed E-state index contributed by atoms with van der Waals surface area (Å²) in [6.45, 7) is -0.815. The highest BCUT2D eigenvalue weighted by Gasteiger charge is 2.26. The molecule has 2 heterocycles. The van der Waals surface area contributed by atoms with Gasteiger partial charge in [-0.3, -0.25) is 14.7 Å². The van der Waals surface area contributed by atoms with Crippen molar-refractivity contribution in [3.8, 4) is 0 Å². The highest BCUT2D eigenvalue weighted by molar-refractivity contribution is 5.93. The van der Waals surface area contributed by atoms with Crippen LogP contribution in [0.1, 0.15) is 65.8 Å². The number of carbonyl (C=O) groups is 2. The Morgan fingerprint density at radius 1 is 1.26 bits per heavy atom. The lowest BCUT2D eigenvalue weighted by molar-refractivity contribution is 0.0559. The van der Waals surface area contributed by atoms with Crippen molar-refractivity contribution >= 4 is 11.8 Å². The van der Waals surface area contributed by atoms with Gasteiger partial charge < -0.3 is 10.6 Å². The third kappa shape index (κ3) is 4.69. The summed E-state index contributed by atoms with van der Waals surface area (Å²) in [5.74, 6) is -0.745. The van der Waals surface area contributed by atoms with Gasteiger partial charge >= 0.3 is 6.55 Å². The molecule has 1 saturated carbocycles. The molecule has 10 heteroatoms. The molecule has 0 radical (unpaired) electrons. The molecule has 8 nitrogen and oxygen atoms in total. The highest BCUT2D eigenvalue weighted by atomic mass is 19.3. The van der Waals surface area contributed by atoms with Gasteiger partial charge in [-0.25, -0.2) is 4.68 Å². The van der Waals surface area contributed by atoms with Gasteiger partial charge in [-0.05, 0) is 44.2 Å². The summed E-state index contributed by atoms with van der Waals surface area (Å²) in [7, 11) is 0. The largest absolute Gasteiger partial charge is 0.348 e. The van der Waals surface area contributed by atoms with E-state index in [2.05, 4.69) is 25.9 Å². The van der Waals surface area contributed by atoms with Gasteiger partial charge in [0, 0.05) is 24.0 Å². The van der Waals surface area contributed by atoms with Crippen molar-refractivity contribution in [2.75, 3.05) is 0 Å². The fraction of sp³-hybridized carbons (Fsp3) is 0.529. The van der Waals surface area contributed by atoms with E-state index in [1.807, 2.05) is 6.92 Å². The van der Waals surface area contributed by atoms with Crippen LogP contribution in [0, 0.1) is 0 Å². The van der Waals surface area contributed by atoms with Crippen molar-refractivity contribution in [1.82, 2.24) is 30.6 Å². The molecular weight excluding hydrogens is 358 g/mol. The van der Waals surface area contributed by atoms with Gasteiger partial charge in [-0.1, -0.05) is 6.92 Å². The van der Waals surface area contributed by atoms with E-state index in [0.29, 0.717) is 16.8 Å². The molecule has 0 spiro atoms. The van der Waals surface area contributed by atoms with Crippen LogP contribution in [0.3, 0.4) is 0 Å². The number of nitrogens with one attached hydrogen (secondary N) is 3. The van der Waals surface area contributed by atoms with E-state index >= 15 is 0 Å². The topological polar surface area (TPSA) is 105 Å². The predicted molar refractivity (Wildman–Crippen MR) is 92.4 cm³/mol. The molecule has 0 aromatic carbocycles. The van der Waals surface area contributed by atoms with Crippen LogP contribution in [0.15, 0.2) is 18.3 Å². The van der Waals surface area contributed by atoms with Crippen molar-refractivity contribution in [2.24, 2.45) is 0 Å².